The van der Waals surface area contributed by atoms with Gasteiger partial charge in [-0.1, -0.05) is 12.0 Å². The number of aromatic nitrogens is 1. The molecule has 1 saturated heterocycles. The van der Waals surface area contributed by atoms with Gasteiger partial charge in [0, 0.05) is 31.7 Å². The Hall–Kier alpha value is -3.35. The Morgan fingerprint density at radius 3 is 2.35 bits per heavy atom. The molecule has 4 rings (SSSR count). The van der Waals surface area contributed by atoms with Crippen molar-refractivity contribution in [1.29, 1.82) is 0 Å². The quantitative estimate of drug-likeness (QED) is 0.564. The summed E-state index contributed by atoms with van der Waals surface area (Å²) in [5.41, 5.74) is 5.09. The maximum absolute atomic E-state index is 13.5. The zero-order valence-electron chi connectivity index (χ0n) is 19.8. The Morgan fingerprint density at radius 2 is 1.74 bits per heavy atom. The number of nitrogens with zero attached hydrogens (tertiary/aromatic N) is 3. The number of carbonyl (C=O) groups is 1. The highest BCUT2D eigenvalue weighted by Crippen LogP contribution is 2.30. The SMILES string of the molecule is C#CCNC(=O)c1ccc2oc(N3CCN(S(=O)(=O)c4c(C)c(C)cc(C)c4C)CC3)nc2c1. The highest BCUT2D eigenvalue weighted by Gasteiger charge is 2.33. The molecule has 9 heteroatoms. The van der Waals surface area contributed by atoms with E-state index in [1.807, 2.05) is 38.7 Å². The first-order valence-corrected chi connectivity index (χ1v) is 12.5. The van der Waals surface area contributed by atoms with Crippen LogP contribution in [0.4, 0.5) is 6.01 Å². The highest BCUT2D eigenvalue weighted by molar-refractivity contribution is 7.89. The first-order valence-electron chi connectivity index (χ1n) is 11.1. The van der Waals surface area contributed by atoms with E-state index >= 15 is 0 Å². The molecule has 0 atom stereocenters. The highest BCUT2D eigenvalue weighted by atomic mass is 32.2. The predicted octanol–water partition coefficient (Wildman–Crippen LogP) is 2.94. The summed E-state index contributed by atoms with van der Waals surface area (Å²) in [7, 11) is -3.62. The molecule has 1 fully saturated rings. The normalized spacial score (nSPS) is 14.9. The summed E-state index contributed by atoms with van der Waals surface area (Å²) in [6.45, 7) is 9.31. The number of carbonyl (C=O) groups excluding carboxylic acids is 1. The molecular weight excluding hydrogens is 452 g/mol. The van der Waals surface area contributed by atoms with E-state index < -0.39 is 10.0 Å². The Balaban J connectivity index is 1.52. The van der Waals surface area contributed by atoms with Crippen molar-refractivity contribution in [2.45, 2.75) is 32.6 Å². The molecule has 2 heterocycles. The van der Waals surface area contributed by atoms with Gasteiger partial charge in [0.05, 0.1) is 11.4 Å². The number of anilines is 1. The molecule has 0 aliphatic carbocycles. The van der Waals surface area contributed by atoms with Crippen molar-refractivity contribution in [3.8, 4) is 12.3 Å². The summed E-state index contributed by atoms with van der Waals surface area (Å²) in [5.74, 6) is 2.09. The second-order valence-corrected chi connectivity index (χ2v) is 10.4. The minimum absolute atomic E-state index is 0.148. The van der Waals surface area contributed by atoms with Gasteiger partial charge in [0.1, 0.15) is 5.52 Å². The molecule has 1 aliphatic rings. The monoisotopic (exact) mass is 480 g/mol. The Labute approximate surface area is 200 Å². The van der Waals surface area contributed by atoms with Crippen molar-refractivity contribution < 1.29 is 17.6 Å². The third kappa shape index (κ3) is 4.27. The Bertz CT molecular complexity index is 1380. The van der Waals surface area contributed by atoms with Crippen LogP contribution in [0, 0.1) is 40.0 Å². The van der Waals surface area contributed by atoms with Gasteiger partial charge >= 0.3 is 0 Å². The molecule has 1 N–H and O–H groups in total. The number of benzene rings is 2. The predicted molar refractivity (Wildman–Crippen MR) is 132 cm³/mol. The van der Waals surface area contributed by atoms with E-state index in [0.717, 1.165) is 22.3 Å². The fourth-order valence-electron chi connectivity index (χ4n) is 4.24. The second kappa shape index (κ2) is 9.12. The molecular formula is C25H28N4O4S. The van der Waals surface area contributed by atoms with Gasteiger partial charge in [-0.2, -0.15) is 9.29 Å². The number of nitrogens with one attached hydrogen (secondary N) is 1. The minimum atomic E-state index is -3.62. The molecule has 1 aromatic heterocycles. The number of rotatable bonds is 5. The zero-order valence-corrected chi connectivity index (χ0v) is 20.6. The number of hydrogen-bond donors (Lipinski definition) is 1. The lowest BCUT2D eigenvalue weighted by molar-refractivity contribution is 0.0959. The molecule has 0 unspecified atom stereocenters. The summed E-state index contributed by atoms with van der Waals surface area (Å²) < 4.78 is 34.4. The summed E-state index contributed by atoms with van der Waals surface area (Å²) in [4.78, 5) is 19.0. The van der Waals surface area contributed by atoms with Crippen molar-refractivity contribution in [2.75, 3.05) is 37.6 Å². The van der Waals surface area contributed by atoms with Crippen molar-refractivity contribution >= 4 is 33.0 Å². The molecule has 3 aromatic rings. The molecule has 0 bridgehead atoms. The number of oxazole rings is 1. The van der Waals surface area contributed by atoms with Gasteiger partial charge in [-0.05, 0) is 68.1 Å². The summed E-state index contributed by atoms with van der Waals surface area (Å²) in [6, 6.07) is 7.44. The van der Waals surface area contributed by atoms with Gasteiger partial charge in [-0.25, -0.2) is 8.42 Å². The minimum Gasteiger partial charge on any atom is -0.423 e. The van der Waals surface area contributed by atoms with Gasteiger partial charge in [0.15, 0.2) is 5.58 Å². The number of sulfonamides is 1. The van der Waals surface area contributed by atoms with Crippen LogP contribution in [0.5, 0.6) is 0 Å². The maximum Gasteiger partial charge on any atom is 0.298 e. The Morgan fingerprint density at radius 1 is 1.09 bits per heavy atom. The van der Waals surface area contributed by atoms with Crippen molar-refractivity contribution in [3.63, 3.8) is 0 Å². The molecule has 0 spiro atoms. The van der Waals surface area contributed by atoms with E-state index in [4.69, 9.17) is 10.8 Å². The molecule has 178 valence electrons. The molecule has 1 amide bonds. The summed E-state index contributed by atoms with van der Waals surface area (Å²) in [6.07, 6.45) is 5.19. The fraction of sp³-hybridized carbons (Fsp3) is 0.360. The third-order valence-electron chi connectivity index (χ3n) is 6.39. The molecule has 0 radical (unpaired) electrons. The van der Waals surface area contributed by atoms with Crippen LogP contribution in [-0.2, 0) is 10.0 Å². The average Bonchev–Trinajstić information content (AvgIpc) is 3.25. The van der Waals surface area contributed by atoms with Crippen molar-refractivity contribution in [1.82, 2.24) is 14.6 Å². The molecule has 2 aromatic carbocycles. The first-order chi connectivity index (χ1) is 16.1. The Kier molecular flexibility index (Phi) is 6.39. The van der Waals surface area contributed by atoms with Crippen molar-refractivity contribution in [2.24, 2.45) is 0 Å². The average molecular weight is 481 g/mol. The topological polar surface area (TPSA) is 95.8 Å². The summed E-state index contributed by atoms with van der Waals surface area (Å²) in [5, 5.41) is 2.62. The number of amides is 1. The van der Waals surface area contributed by atoms with E-state index in [1.54, 1.807) is 18.2 Å². The lowest BCUT2D eigenvalue weighted by atomic mass is 10.0. The van der Waals surface area contributed by atoms with E-state index in [1.165, 1.54) is 4.31 Å². The lowest BCUT2D eigenvalue weighted by Gasteiger charge is -2.34. The van der Waals surface area contributed by atoms with Gasteiger partial charge in [0.25, 0.3) is 11.9 Å². The van der Waals surface area contributed by atoms with Crippen LogP contribution >= 0.6 is 0 Å². The summed E-state index contributed by atoms with van der Waals surface area (Å²) >= 11 is 0. The van der Waals surface area contributed by atoms with Gasteiger partial charge in [-0.15, -0.1) is 6.42 Å². The second-order valence-electron chi connectivity index (χ2n) is 8.55. The number of aryl methyl sites for hydroxylation is 2. The standard InChI is InChI=1S/C25H28N4O4S/c1-6-9-26-24(30)20-7-8-22-21(15-20)27-25(33-22)28-10-12-29(13-11-28)34(31,32)23-18(4)16(2)14-17(3)19(23)5/h1,7-8,14-15H,9-13H2,2-5H3,(H,26,30). The van der Waals surface area contributed by atoms with Gasteiger partial charge < -0.3 is 14.6 Å². The van der Waals surface area contributed by atoms with Crippen LogP contribution in [0.3, 0.4) is 0 Å². The smallest absolute Gasteiger partial charge is 0.298 e. The van der Waals surface area contributed by atoms with Gasteiger partial charge in [0.2, 0.25) is 10.0 Å². The maximum atomic E-state index is 13.5. The van der Waals surface area contributed by atoms with Crippen molar-refractivity contribution in [3.05, 3.63) is 52.1 Å². The lowest BCUT2D eigenvalue weighted by Crippen LogP contribution is -2.49. The van der Waals surface area contributed by atoms with E-state index in [2.05, 4.69) is 16.2 Å². The van der Waals surface area contributed by atoms with Crippen LogP contribution in [0.15, 0.2) is 33.6 Å². The van der Waals surface area contributed by atoms with Crippen LogP contribution < -0.4 is 10.2 Å². The van der Waals surface area contributed by atoms with Crippen LogP contribution in [0.1, 0.15) is 32.6 Å². The van der Waals surface area contributed by atoms with Crippen LogP contribution in [-0.4, -0.2) is 56.3 Å². The zero-order chi connectivity index (χ0) is 24.6. The van der Waals surface area contributed by atoms with E-state index in [0.29, 0.717) is 53.8 Å². The largest absolute Gasteiger partial charge is 0.423 e. The third-order valence-corrected chi connectivity index (χ3v) is 8.57. The van der Waals surface area contributed by atoms with Gasteiger partial charge in [-0.3, -0.25) is 4.79 Å². The van der Waals surface area contributed by atoms with E-state index in [-0.39, 0.29) is 12.5 Å². The number of terminal acetylenes is 1. The molecule has 1 aliphatic heterocycles. The first kappa shape index (κ1) is 23.8. The van der Waals surface area contributed by atoms with Crippen LogP contribution in [0.25, 0.3) is 11.1 Å². The van der Waals surface area contributed by atoms with Crippen LogP contribution in [0.2, 0.25) is 0 Å². The molecule has 34 heavy (non-hydrogen) atoms. The fourth-order valence-corrected chi connectivity index (χ4v) is 6.24. The number of piperazine rings is 1. The number of hydrogen-bond acceptors (Lipinski definition) is 6. The van der Waals surface area contributed by atoms with E-state index in [9.17, 15) is 13.2 Å². The molecule has 0 saturated carbocycles. The molecule has 8 nitrogen and oxygen atoms in total. The number of fused-ring (bicyclic) bond motifs is 1.